The van der Waals surface area contributed by atoms with Crippen molar-refractivity contribution in [3.63, 3.8) is 0 Å². The van der Waals surface area contributed by atoms with Crippen molar-refractivity contribution in [1.82, 2.24) is 0 Å². The minimum absolute atomic E-state index is 0.0886. The molecule has 0 aliphatic rings. The van der Waals surface area contributed by atoms with Gasteiger partial charge in [-0.15, -0.1) is 0 Å². The number of rotatable bonds is 1. The molecule has 0 amide bonds. The Kier molecular flexibility index (Phi) is 4.18. The highest BCUT2D eigenvalue weighted by Gasteiger charge is 2.36. The van der Waals surface area contributed by atoms with Crippen molar-refractivity contribution in [2.75, 3.05) is 0 Å². The fraction of sp³-hybridized carbons (Fsp3) is 0.111. The average Bonchev–Trinajstić information content (AvgIpc) is 2.19. The lowest BCUT2D eigenvalue weighted by atomic mass is 10.3. The van der Waals surface area contributed by atoms with Crippen LogP contribution in [-0.2, 0) is 0 Å². The Hall–Kier alpha value is -1.23. The highest BCUT2D eigenvalue weighted by molar-refractivity contribution is 7.78. The molecule has 0 heterocycles. The van der Waals surface area contributed by atoms with E-state index in [1.165, 1.54) is 24.3 Å². The van der Waals surface area contributed by atoms with Crippen LogP contribution in [0.1, 0.15) is 0 Å². The Balaban J connectivity index is 3.12. The largest absolute Gasteiger partial charge is 0.452 e. The molecule has 1 aromatic carbocycles. The fourth-order valence-electron chi connectivity index (χ4n) is 0.833. The van der Waals surface area contributed by atoms with Crippen molar-refractivity contribution in [2.45, 2.75) is 6.18 Å². The predicted octanol–water partition coefficient (Wildman–Crippen LogP) is 4.04. The number of nitrogens with zero attached hydrogens (tertiary/aromatic N) is 2. The topological polar surface area (TPSA) is 24.7 Å². The van der Waals surface area contributed by atoms with E-state index in [0.717, 1.165) is 0 Å². The molecule has 84 valence electrons. The van der Waals surface area contributed by atoms with Crippen LogP contribution in [0.15, 0.2) is 34.3 Å². The van der Waals surface area contributed by atoms with Gasteiger partial charge in [-0.2, -0.15) is 18.2 Å². The molecule has 0 radical (unpaired) electrons. The van der Waals surface area contributed by atoms with Crippen LogP contribution in [0.25, 0.3) is 0 Å². The summed E-state index contributed by atoms with van der Waals surface area (Å²) in [6.45, 7) is 0. The van der Waals surface area contributed by atoms with Crippen LogP contribution < -0.4 is 0 Å². The van der Waals surface area contributed by atoms with E-state index >= 15 is 0 Å². The molecule has 0 aliphatic carbocycles. The van der Waals surface area contributed by atoms with Crippen molar-refractivity contribution in [3.8, 4) is 0 Å². The van der Waals surface area contributed by atoms with Gasteiger partial charge in [0, 0.05) is 5.02 Å². The van der Waals surface area contributed by atoms with E-state index in [1.807, 2.05) is 0 Å². The normalized spacial score (nSPS) is 12.1. The third kappa shape index (κ3) is 3.73. The summed E-state index contributed by atoms with van der Waals surface area (Å²) in [5, 5.41) is 2.05. The SMILES string of the molecule is FC(F)(F)C(N=C=S)=Nc1ccc(Cl)cc1. The number of hydrogen-bond donors (Lipinski definition) is 0. The van der Waals surface area contributed by atoms with Gasteiger partial charge in [-0.05, 0) is 36.5 Å². The Morgan fingerprint density at radius 3 is 2.25 bits per heavy atom. The number of benzene rings is 1. The minimum atomic E-state index is -4.66. The van der Waals surface area contributed by atoms with E-state index in [-0.39, 0.29) is 5.69 Å². The zero-order chi connectivity index (χ0) is 12.2. The van der Waals surface area contributed by atoms with Crippen molar-refractivity contribution in [1.29, 1.82) is 0 Å². The van der Waals surface area contributed by atoms with Crippen molar-refractivity contribution >= 4 is 40.5 Å². The molecule has 7 heteroatoms. The van der Waals surface area contributed by atoms with Crippen LogP contribution in [0.2, 0.25) is 5.02 Å². The second-order valence-corrected chi connectivity index (χ2v) is 3.23. The summed E-state index contributed by atoms with van der Waals surface area (Å²) >= 11 is 9.69. The molecule has 2 nitrogen and oxygen atoms in total. The van der Waals surface area contributed by atoms with Gasteiger partial charge < -0.3 is 0 Å². The standard InChI is InChI=1S/C9H4ClF3N2S/c10-6-1-3-7(4-2-6)15-8(14-5-16)9(11,12)13/h1-4H. The predicted molar refractivity (Wildman–Crippen MR) is 59.6 cm³/mol. The molecule has 1 rings (SSSR count). The maximum absolute atomic E-state index is 12.3. The molecule has 0 fully saturated rings. The van der Waals surface area contributed by atoms with Gasteiger partial charge in [-0.25, -0.2) is 4.99 Å². The second-order valence-electron chi connectivity index (χ2n) is 2.61. The number of alkyl halides is 3. The Morgan fingerprint density at radius 2 is 1.81 bits per heavy atom. The molecule has 0 bridgehead atoms. The zero-order valence-corrected chi connectivity index (χ0v) is 9.20. The summed E-state index contributed by atoms with van der Waals surface area (Å²) in [6.07, 6.45) is -4.66. The first-order chi connectivity index (χ1) is 7.43. The van der Waals surface area contributed by atoms with Gasteiger partial charge in [-0.1, -0.05) is 11.6 Å². The van der Waals surface area contributed by atoms with E-state index in [4.69, 9.17) is 11.6 Å². The molecular formula is C9H4ClF3N2S. The number of thiocarbonyl (C=S) groups is 1. The van der Waals surface area contributed by atoms with E-state index < -0.39 is 12.0 Å². The first-order valence-corrected chi connectivity index (χ1v) is 4.71. The fourth-order valence-corrected chi connectivity index (χ4v) is 1.05. The maximum atomic E-state index is 12.3. The lowest BCUT2D eigenvalue weighted by Crippen LogP contribution is -2.20. The van der Waals surface area contributed by atoms with E-state index in [9.17, 15) is 13.2 Å². The number of hydrogen-bond acceptors (Lipinski definition) is 2. The van der Waals surface area contributed by atoms with Gasteiger partial charge >= 0.3 is 6.18 Å². The zero-order valence-electron chi connectivity index (χ0n) is 7.62. The molecule has 0 unspecified atom stereocenters. The van der Waals surface area contributed by atoms with Crippen molar-refractivity contribution in [3.05, 3.63) is 29.3 Å². The molecule has 1 aromatic rings. The Morgan fingerprint density at radius 1 is 1.25 bits per heavy atom. The van der Waals surface area contributed by atoms with Gasteiger partial charge in [0.2, 0.25) is 5.84 Å². The molecule has 0 spiro atoms. The average molecular weight is 265 g/mol. The van der Waals surface area contributed by atoms with Gasteiger partial charge in [0.25, 0.3) is 0 Å². The summed E-state index contributed by atoms with van der Waals surface area (Å²) in [5.41, 5.74) is 0.0886. The van der Waals surface area contributed by atoms with E-state index in [1.54, 1.807) is 5.16 Å². The van der Waals surface area contributed by atoms with Gasteiger partial charge in [0.1, 0.15) is 0 Å². The molecule has 0 saturated heterocycles. The molecular weight excluding hydrogens is 261 g/mol. The quantitative estimate of drug-likeness (QED) is 0.427. The summed E-state index contributed by atoms with van der Waals surface area (Å²) in [4.78, 5) is 6.17. The first kappa shape index (κ1) is 12.8. The van der Waals surface area contributed by atoms with Gasteiger partial charge in [0.15, 0.2) is 0 Å². The van der Waals surface area contributed by atoms with Gasteiger partial charge in [0.05, 0.1) is 10.8 Å². The second kappa shape index (κ2) is 5.21. The first-order valence-electron chi connectivity index (χ1n) is 3.93. The highest BCUT2D eigenvalue weighted by Crippen LogP contribution is 2.23. The van der Waals surface area contributed by atoms with Crippen LogP contribution >= 0.6 is 23.8 Å². The smallest absolute Gasteiger partial charge is 0.224 e. The molecule has 16 heavy (non-hydrogen) atoms. The summed E-state index contributed by atoms with van der Waals surface area (Å²) < 4.78 is 37.0. The Labute approximate surface area is 99.5 Å². The Bertz CT molecular complexity index is 447. The molecule has 0 atom stereocenters. The molecule has 0 saturated carbocycles. The molecule has 0 N–H and O–H groups in total. The number of aliphatic imine (C=N–C) groups is 2. The summed E-state index contributed by atoms with van der Waals surface area (Å²) in [6, 6.07) is 5.53. The van der Waals surface area contributed by atoms with Crippen LogP contribution in [0.4, 0.5) is 18.9 Å². The molecule has 0 aromatic heterocycles. The van der Waals surface area contributed by atoms with Crippen LogP contribution in [-0.4, -0.2) is 17.2 Å². The number of isothiocyanates is 1. The van der Waals surface area contributed by atoms with E-state index in [0.29, 0.717) is 5.02 Å². The highest BCUT2D eigenvalue weighted by atomic mass is 35.5. The maximum Gasteiger partial charge on any atom is 0.452 e. The third-order valence-corrected chi connectivity index (χ3v) is 1.81. The number of halogens is 4. The lowest BCUT2D eigenvalue weighted by molar-refractivity contribution is -0.0595. The summed E-state index contributed by atoms with van der Waals surface area (Å²) in [5.74, 6) is -1.34. The third-order valence-electron chi connectivity index (χ3n) is 1.47. The number of amidine groups is 1. The van der Waals surface area contributed by atoms with E-state index in [2.05, 4.69) is 22.2 Å². The van der Waals surface area contributed by atoms with Crippen molar-refractivity contribution < 1.29 is 13.2 Å². The molecule has 0 aliphatic heterocycles. The van der Waals surface area contributed by atoms with Gasteiger partial charge in [-0.3, -0.25) is 0 Å². The monoisotopic (exact) mass is 264 g/mol. The van der Waals surface area contributed by atoms with Crippen LogP contribution in [0.5, 0.6) is 0 Å². The summed E-state index contributed by atoms with van der Waals surface area (Å²) in [7, 11) is 0. The van der Waals surface area contributed by atoms with Crippen LogP contribution in [0.3, 0.4) is 0 Å². The minimum Gasteiger partial charge on any atom is -0.224 e. The lowest BCUT2D eigenvalue weighted by Gasteiger charge is -2.03. The van der Waals surface area contributed by atoms with Crippen LogP contribution in [0, 0.1) is 0 Å². The van der Waals surface area contributed by atoms with Crippen molar-refractivity contribution in [2.24, 2.45) is 9.98 Å².